The Balaban J connectivity index is 0.00000161. The molecule has 2 aromatic rings. The maximum atomic E-state index is 4.44. The monoisotopic (exact) mass is 398 g/mol. The van der Waals surface area contributed by atoms with Gasteiger partial charge in [0.2, 0.25) is 0 Å². The van der Waals surface area contributed by atoms with E-state index in [1.54, 1.807) is 12.7 Å². The van der Waals surface area contributed by atoms with Crippen LogP contribution in [-0.2, 0) is 13.1 Å². The molecule has 6 nitrogen and oxygen atoms in total. The summed E-state index contributed by atoms with van der Waals surface area (Å²) in [6.07, 6.45) is 3.29. The first-order valence-electron chi connectivity index (χ1n) is 6.71. The van der Waals surface area contributed by atoms with E-state index >= 15 is 0 Å². The predicted molar refractivity (Wildman–Crippen MR) is 92.8 cm³/mol. The lowest BCUT2D eigenvalue weighted by Crippen LogP contribution is -2.35. The SMILES string of the molecule is CN1CCN=C1NCc1ccccc1Cn1cncn1.I. The summed E-state index contributed by atoms with van der Waals surface area (Å²) in [5.41, 5.74) is 2.50. The van der Waals surface area contributed by atoms with Crippen LogP contribution in [0.3, 0.4) is 0 Å². The van der Waals surface area contributed by atoms with Gasteiger partial charge in [0.1, 0.15) is 12.7 Å². The highest BCUT2D eigenvalue weighted by atomic mass is 127. The van der Waals surface area contributed by atoms with E-state index in [-0.39, 0.29) is 24.0 Å². The predicted octanol–water partition coefficient (Wildman–Crippen LogP) is 1.34. The largest absolute Gasteiger partial charge is 0.352 e. The summed E-state index contributed by atoms with van der Waals surface area (Å²) in [6, 6.07) is 8.37. The minimum Gasteiger partial charge on any atom is -0.352 e. The normalized spacial score (nSPS) is 13.8. The fourth-order valence-electron chi connectivity index (χ4n) is 2.27. The van der Waals surface area contributed by atoms with Crippen LogP contribution >= 0.6 is 24.0 Å². The van der Waals surface area contributed by atoms with Crippen molar-refractivity contribution < 1.29 is 0 Å². The first-order chi connectivity index (χ1) is 9.83. The van der Waals surface area contributed by atoms with Crippen molar-refractivity contribution >= 4 is 29.9 Å². The Morgan fingerprint density at radius 2 is 2.05 bits per heavy atom. The highest BCUT2D eigenvalue weighted by molar-refractivity contribution is 14.0. The third-order valence-corrected chi connectivity index (χ3v) is 3.41. The Bertz CT molecular complexity index is 595. The molecule has 7 heteroatoms. The van der Waals surface area contributed by atoms with Crippen molar-refractivity contribution in [2.24, 2.45) is 4.99 Å². The van der Waals surface area contributed by atoms with Gasteiger partial charge in [0.05, 0.1) is 13.1 Å². The van der Waals surface area contributed by atoms with Crippen LogP contribution in [0.15, 0.2) is 41.9 Å². The van der Waals surface area contributed by atoms with Gasteiger partial charge in [-0.1, -0.05) is 24.3 Å². The van der Waals surface area contributed by atoms with Crippen molar-refractivity contribution in [3.05, 3.63) is 48.0 Å². The lowest BCUT2D eigenvalue weighted by atomic mass is 10.1. The lowest BCUT2D eigenvalue weighted by molar-refractivity contribution is 0.533. The lowest BCUT2D eigenvalue weighted by Gasteiger charge is -2.16. The number of nitrogens with one attached hydrogen (secondary N) is 1. The number of aromatic nitrogens is 3. The molecule has 1 aromatic carbocycles. The smallest absolute Gasteiger partial charge is 0.194 e. The van der Waals surface area contributed by atoms with Crippen molar-refractivity contribution in [1.82, 2.24) is 25.0 Å². The van der Waals surface area contributed by atoms with Crippen LogP contribution in [0.4, 0.5) is 0 Å². The fourth-order valence-corrected chi connectivity index (χ4v) is 2.27. The van der Waals surface area contributed by atoms with Crippen LogP contribution in [0.2, 0.25) is 0 Å². The van der Waals surface area contributed by atoms with Gasteiger partial charge in [0.15, 0.2) is 5.96 Å². The molecule has 2 heterocycles. The Morgan fingerprint density at radius 3 is 2.71 bits per heavy atom. The van der Waals surface area contributed by atoms with Crippen LogP contribution in [0, 0.1) is 0 Å². The maximum Gasteiger partial charge on any atom is 0.194 e. The molecule has 21 heavy (non-hydrogen) atoms. The van der Waals surface area contributed by atoms with E-state index in [0.717, 1.165) is 32.1 Å². The Morgan fingerprint density at radius 1 is 1.24 bits per heavy atom. The fraction of sp³-hybridized carbons (Fsp3) is 0.357. The quantitative estimate of drug-likeness (QED) is 0.790. The minimum atomic E-state index is 0. The molecule has 0 spiro atoms. The molecule has 0 amide bonds. The zero-order valence-electron chi connectivity index (χ0n) is 11.9. The van der Waals surface area contributed by atoms with Gasteiger partial charge in [-0.15, -0.1) is 24.0 Å². The molecular weight excluding hydrogens is 379 g/mol. The van der Waals surface area contributed by atoms with Gasteiger partial charge in [0.25, 0.3) is 0 Å². The second-order valence-electron chi connectivity index (χ2n) is 4.84. The van der Waals surface area contributed by atoms with Gasteiger partial charge in [-0.2, -0.15) is 5.10 Å². The van der Waals surface area contributed by atoms with Crippen molar-refractivity contribution in [3.63, 3.8) is 0 Å². The van der Waals surface area contributed by atoms with E-state index in [1.165, 1.54) is 11.1 Å². The number of aliphatic imine (C=N–C) groups is 1. The third-order valence-electron chi connectivity index (χ3n) is 3.41. The number of hydrogen-bond donors (Lipinski definition) is 1. The van der Waals surface area contributed by atoms with Crippen molar-refractivity contribution in [2.45, 2.75) is 13.1 Å². The van der Waals surface area contributed by atoms with E-state index in [2.05, 4.69) is 56.6 Å². The summed E-state index contributed by atoms with van der Waals surface area (Å²) in [7, 11) is 2.06. The van der Waals surface area contributed by atoms with Gasteiger partial charge < -0.3 is 10.2 Å². The van der Waals surface area contributed by atoms with Crippen LogP contribution in [0.5, 0.6) is 0 Å². The second-order valence-corrected chi connectivity index (χ2v) is 4.84. The zero-order valence-corrected chi connectivity index (χ0v) is 14.3. The summed E-state index contributed by atoms with van der Waals surface area (Å²) in [5.74, 6) is 0.973. The first kappa shape index (κ1) is 15.7. The topological polar surface area (TPSA) is 58.3 Å². The van der Waals surface area contributed by atoms with Crippen LogP contribution in [-0.4, -0.2) is 45.8 Å². The summed E-state index contributed by atoms with van der Waals surface area (Å²) in [5, 5.41) is 7.55. The maximum absolute atomic E-state index is 4.44. The summed E-state index contributed by atoms with van der Waals surface area (Å²) in [4.78, 5) is 10.6. The van der Waals surface area contributed by atoms with Gasteiger partial charge in [-0.05, 0) is 11.1 Å². The number of halogens is 1. The summed E-state index contributed by atoms with van der Waals surface area (Å²) < 4.78 is 1.83. The number of rotatable bonds is 4. The molecule has 1 aliphatic rings. The highest BCUT2D eigenvalue weighted by Crippen LogP contribution is 2.10. The van der Waals surface area contributed by atoms with Crippen molar-refractivity contribution in [3.8, 4) is 0 Å². The number of benzene rings is 1. The summed E-state index contributed by atoms with van der Waals surface area (Å²) in [6.45, 7) is 3.37. The first-order valence-corrected chi connectivity index (χ1v) is 6.71. The number of hydrogen-bond acceptors (Lipinski definition) is 5. The number of nitrogens with zero attached hydrogens (tertiary/aromatic N) is 5. The molecule has 0 fully saturated rings. The minimum absolute atomic E-state index is 0. The molecule has 0 aliphatic carbocycles. The third kappa shape index (κ3) is 3.93. The zero-order chi connectivity index (χ0) is 13.8. The van der Waals surface area contributed by atoms with Gasteiger partial charge in [0, 0.05) is 20.1 Å². The molecule has 0 saturated carbocycles. The molecule has 0 bridgehead atoms. The van der Waals surface area contributed by atoms with E-state index in [1.807, 2.05) is 4.68 Å². The van der Waals surface area contributed by atoms with Crippen LogP contribution in [0.1, 0.15) is 11.1 Å². The van der Waals surface area contributed by atoms with Crippen molar-refractivity contribution in [1.29, 1.82) is 0 Å². The molecule has 0 unspecified atom stereocenters. The van der Waals surface area contributed by atoms with Gasteiger partial charge in [-0.3, -0.25) is 4.99 Å². The Labute approximate surface area is 141 Å². The average Bonchev–Trinajstić information content (AvgIpc) is 3.10. The van der Waals surface area contributed by atoms with Gasteiger partial charge in [-0.25, -0.2) is 9.67 Å². The van der Waals surface area contributed by atoms with Crippen molar-refractivity contribution in [2.75, 3.05) is 20.1 Å². The molecule has 1 aliphatic heterocycles. The van der Waals surface area contributed by atoms with E-state index < -0.39 is 0 Å². The molecule has 112 valence electrons. The molecule has 0 radical (unpaired) electrons. The molecule has 0 saturated heterocycles. The molecule has 0 atom stereocenters. The molecular formula is C14H19IN6. The standard InChI is InChI=1S/C14H18N6.HI/c1-19-7-6-16-14(19)17-8-12-4-2-3-5-13(12)9-20-11-15-10-18-20;/h2-5,10-11H,6-9H2,1H3,(H,16,17);1H. The van der Waals surface area contributed by atoms with E-state index in [4.69, 9.17) is 0 Å². The average molecular weight is 398 g/mol. The summed E-state index contributed by atoms with van der Waals surface area (Å²) >= 11 is 0. The Kier molecular flexibility index (Phi) is 5.54. The second kappa shape index (κ2) is 7.39. The number of guanidine groups is 1. The Hall–Kier alpha value is -1.64. The molecule has 1 aromatic heterocycles. The molecule has 3 rings (SSSR count). The number of likely N-dealkylation sites (N-methyl/N-ethyl adjacent to an activating group) is 1. The van der Waals surface area contributed by atoms with Crippen LogP contribution in [0.25, 0.3) is 0 Å². The van der Waals surface area contributed by atoms with E-state index in [9.17, 15) is 0 Å². The molecule has 1 N–H and O–H groups in total. The van der Waals surface area contributed by atoms with E-state index in [0.29, 0.717) is 0 Å². The van der Waals surface area contributed by atoms with Gasteiger partial charge >= 0.3 is 0 Å². The highest BCUT2D eigenvalue weighted by Gasteiger charge is 2.12. The van der Waals surface area contributed by atoms with Crippen LogP contribution < -0.4 is 5.32 Å².